The molecule has 0 bridgehead atoms. The Morgan fingerprint density at radius 3 is 1.44 bits per heavy atom. The van der Waals surface area contributed by atoms with E-state index in [9.17, 15) is 0 Å². The fourth-order valence-corrected chi connectivity index (χ4v) is 0.785. The number of rotatable bonds is 0. The van der Waals surface area contributed by atoms with Gasteiger partial charge in [-0.05, 0) is 12.1 Å². The van der Waals surface area contributed by atoms with Gasteiger partial charge in [-0.1, -0.05) is 12.1 Å². The smallest absolute Gasteiger partial charge is 0.142 e. The molecule has 9 heavy (non-hydrogen) atoms. The van der Waals surface area contributed by atoms with Crippen LogP contribution in [0.5, 0.6) is 0 Å². The van der Waals surface area contributed by atoms with E-state index in [4.69, 9.17) is 0 Å². The zero-order valence-electron chi connectivity index (χ0n) is 4.70. The molecule has 0 unspecified atom stereocenters. The van der Waals surface area contributed by atoms with Crippen LogP contribution in [0.2, 0.25) is 0 Å². The van der Waals surface area contributed by atoms with Gasteiger partial charge in [0, 0.05) is 9.79 Å². The summed E-state index contributed by atoms with van der Waals surface area (Å²) in [6.45, 7) is 0. The minimum atomic E-state index is 0. The van der Waals surface area contributed by atoms with Gasteiger partial charge in [0.2, 0.25) is 0 Å². The molecule has 0 nitrogen and oxygen atoms in total. The van der Waals surface area contributed by atoms with Gasteiger partial charge in [-0.25, -0.2) is 0 Å². The number of hydrogen-bond acceptors (Lipinski definition) is 2. The molecule has 0 spiro atoms. The molecule has 0 aliphatic carbocycles. The molecular weight excluding hydrogens is 255 g/mol. The van der Waals surface area contributed by atoms with Crippen LogP contribution in [0.4, 0.5) is 0 Å². The van der Waals surface area contributed by atoms with Crippen LogP contribution in [0, 0.1) is 0 Å². The van der Waals surface area contributed by atoms with Crippen LogP contribution in [0.25, 0.3) is 0 Å². The Kier molecular flexibility index (Phi) is 4.88. The Bertz CT molecular complexity index is 167. The average molecular weight is 261 g/mol. The van der Waals surface area contributed by atoms with E-state index in [1.807, 2.05) is 24.3 Å². The van der Waals surface area contributed by atoms with Crippen molar-refractivity contribution < 1.29 is 0 Å². The molecular formula is C6H6S2Sn+4. The van der Waals surface area contributed by atoms with E-state index < -0.39 is 0 Å². The normalized spacial score (nSPS) is 8.22. The molecule has 0 fully saturated rings. The quantitative estimate of drug-likeness (QED) is 0.517. The van der Waals surface area contributed by atoms with Crippen molar-refractivity contribution in [2.45, 2.75) is 9.79 Å². The van der Waals surface area contributed by atoms with Crippen LogP contribution < -0.4 is 0 Å². The molecule has 0 aliphatic rings. The van der Waals surface area contributed by atoms with Crippen molar-refractivity contribution in [2.75, 3.05) is 0 Å². The van der Waals surface area contributed by atoms with Crippen LogP contribution in [0.1, 0.15) is 0 Å². The zero-order valence-corrected chi connectivity index (χ0v) is 9.35. The maximum Gasteiger partial charge on any atom is 4.00 e. The topological polar surface area (TPSA) is 0 Å². The van der Waals surface area contributed by atoms with Gasteiger partial charge < -0.3 is 0 Å². The van der Waals surface area contributed by atoms with Crippen LogP contribution in [-0.4, -0.2) is 23.9 Å². The van der Waals surface area contributed by atoms with Crippen molar-refractivity contribution in [1.82, 2.24) is 0 Å². The first-order valence-corrected chi connectivity index (χ1v) is 3.17. The second-order valence-electron chi connectivity index (χ2n) is 1.49. The maximum absolute atomic E-state index is 4.12. The van der Waals surface area contributed by atoms with E-state index in [2.05, 4.69) is 25.3 Å². The molecule has 0 atom stereocenters. The average Bonchev–Trinajstić information content (AvgIpc) is 1.77. The molecule has 1 aromatic carbocycles. The third-order valence-corrected chi connectivity index (χ3v) is 1.84. The van der Waals surface area contributed by atoms with Crippen molar-refractivity contribution in [1.29, 1.82) is 0 Å². The van der Waals surface area contributed by atoms with Gasteiger partial charge in [-0.3, -0.25) is 0 Å². The van der Waals surface area contributed by atoms with Crippen molar-refractivity contribution in [3.8, 4) is 0 Å². The summed E-state index contributed by atoms with van der Waals surface area (Å²) in [4.78, 5) is 1.85. The molecule has 0 amide bonds. The van der Waals surface area contributed by atoms with Crippen molar-refractivity contribution >= 4 is 49.2 Å². The summed E-state index contributed by atoms with van der Waals surface area (Å²) >= 11 is 8.24. The maximum atomic E-state index is 4.12. The molecule has 0 N–H and O–H groups in total. The van der Waals surface area contributed by atoms with Crippen molar-refractivity contribution in [3.05, 3.63) is 24.3 Å². The van der Waals surface area contributed by atoms with E-state index in [1.54, 1.807) is 0 Å². The standard InChI is InChI=1S/C6H6S2.Sn/c7-5-3-1-2-4-6(5)8;/h1-4,7-8H;/q;+4. The van der Waals surface area contributed by atoms with Gasteiger partial charge in [-0.15, -0.1) is 25.3 Å². The number of hydrogen-bond donors (Lipinski definition) is 2. The predicted octanol–water partition coefficient (Wildman–Crippen LogP) is 1.88. The zero-order chi connectivity index (χ0) is 5.98. The van der Waals surface area contributed by atoms with Gasteiger partial charge in [-0.2, -0.15) is 0 Å². The summed E-state index contributed by atoms with van der Waals surface area (Å²) in [5.74, 6) is 0. The number of benzene rings is 1. The first-order chi connectivity index (χ1) is 3.80. The minimum absolute atomic E-state index is 0. The summed E-state index contributed by atoms with van der Waals surface area (Å²) < 4.78 is 0. The van der Waals surface area contributed by atoms with E-state index >= 15 is 0 Å². The Morgan fingerprint density at radius 1 is 0.889 bits per heavy atom. The van der Waals surface area contributed by atoms with Crippen LogP contribution in [0.3, 0.4) is 0 Å². The summed E-state index contributed by atoms with van der Waals surface area (Å²) in [6, 6.07) is 7.68. The monoisotopic (exact) mass is 262 g/mol. The Labute approximate surface area is 82.8 Å². The van der Waals surface area contributed by atoms with Crippen LogP contribution >= 0.6 is 25.3 Å². The van der Waals surface area contributed by atoms with Crippen LogP contribution in [-0.2, 0) is 0 Å². The van der Waals surface area contributed by atoms with Gasteiger partial charge in [0.15, 0.2) is 0 Å². The molecule has 0 heterocycles. The third kappa shape index (κ3) is 2.87. The molecule has 0 radical (unpaired) electrons. The second-order valence-corrected chi connectivity index (χ2v) is 2.45. The van der Waals surface area contributed by atoms with Crippen LogP contribution in [0.15, 0.2) is 34.1 Å². The fourth-order valence-electron chi connectivity index (χ4n) is 0.464. The molecule has 0 aliphatic heterocycles. The Balaban J connectivity index is 0.000000640. The van der Waals surface area contributed by atoms with Gasteiger partial charge in [0.05, 0.1) is 0 Å². The predicted molar refractivity (Wildman–Crippen MR) is 46.7 cm³/mol. The van der Waals surface area contributed by atoms with Gasteiger partial charge >= 0.3 is 23.9 Å². The SMILES string of the molecule is Sc1ccccc1S.[Sn+4]. The largest absolute Gasteiger partial charge is 4.00 e. The first kappa shape index (κ1) is 9.72. The molecule has 0 saturated carbocycles. The Morgan fingerprint density at radius 2 is 1.22 bits per heavy atom. The van der Waals surface area contributed by atoms with Crippen molar-refractivity contribution in [2.24, 2.45) is 0 Å². The summed E-state index contributed by atoms with van der Waals surface area (Å²) in [5.41, 5.74) is 0. The summed E-state index contributed by atoms with van der Waals surface area (Å²) in [5, 5.41) is 0. The number of thiol groups is 2. The van der Waals surface area contributed by atoms with E-state index in [0.29, 0.717) is 0 Å². The minimum Gasteiger partial charge on any atom is -0.142 e. The van der Waals surface area contributed by atoms with Gasteiger partial charge in [0.1, 0.15) is 0 Å². The summed E-state index contributed by atoms with van der Waals surface area (Å²) in [6.07, 6.45) is 0. The third-order valence-electron chi connectivity index (χ3n) is 0.882. The molecule has 0 saturated heterocycles. The van der Waals surface area contributed by atoms with Gasteiger partial charge in [0.25, 0.3) is 0 Å². The molecule has 1 aromatic rings. The van der Waals surface area contributed by atoms with Crippen molar-refractivity contribution in [3.63, 3.8) is 0 Å². The Hall–Kier alpha value is 0.719. The second kappa shape index (κ2) is 4.52. The molecule has 0 aromatic heterocycles. The molecule has 3 heteroatoms. The van der Waals surface area contributed by atoms with E-state index in [1.165, 1.54) is 0 Å². The first-order valence-electron chi connectivity index (χ1n) is 2.27. The summed E-state index contributed by atoms with van der Waals surface area (Å²) in [7, 11) is 0. The van der Waals surface area contributed by atoms with E-state index in [0.717, 1.165) is 9.79 Å². The fraction of sp³-hybridized carbons (Fsp3) is 0. The van der Waals surface area contributed by atoms with E-state index in [-0.39, 0.29) is 23.9 Å². The molecule has 1 rings (SSSR count). The molecule has 42 valence electrons.